The zero-order chi connectivity index (χ0) is 26.1. The topological polar surface area (TPSA) is 115 Å². The number of aryl methyl sites for hydroxylation is 1. The van der Waals surface area contributed by atoms with E-state index in [0.29, 0.717) is 21.7 Å². The molecule has 0 radical (unpaired) electrons. The van der Waals surface area contributed by atoms with Gasteiger partial charge in [0.1, 0.15) is 0 Å². The molecule has 3 aromatic carbocycles. The van der Waals surface area contributed by atoms with Crippen molar-refractivity contribution in [2.75, 3.05) is 11.0 Å². The highest BCUT2D eigenvalue weighted by Crippen LogP contribution is 2.22. The predicted octanol–water partition coefficient (Wildman–Crippen LogP) is 4.14. The number of hydrogen-bond donors (Lipinski definition) is 1. The smallest absolute Gasteiger partial charge is 0.279 e. The van der Waals surface area contributed by atoms with Crippen LogP contribution in [-0.4, -0.2) is 33.6 Å². The molecular weight excluding hydrogens is 518 g/mol. The highest BCUT2D eigenvalue weighted by molar-refractivity contribution is 7.92. The number of nitrogens with one attached hydrogen (secondary N) is 1. The summed E-state index contributed by atoms with van der Waals surface area (Å²) in [7, 11) is -7.15. The van der Waals surface area contributed by atoms with Crippen LogP contribution in [0.25, 0.3) is 10.2 Å². The number of carbonyl (C=O) groups is 1. The monoisotopic (exact) mass is 541 g/mol. The third-order valence-electron chi connectivity index (χ3n) is 5.31. The third-order valence-corrected chi connectivity index (χ3v) is 8.86. The number of amides is 1. The van der Waals surface area contributed by atoms with Crippen LogP contribution in [-0.2, 0) is 26.4 Å². The lowest BCUT2D eigenvalue weighted by molar-refractivity contribution is 0.0998. The molecule has 1 heterocycles. The van der Waals surface area contributed by atoms with Crippen molar-refractivity contribution < 1.29 is 21.6 Å². The number of rotatable bonds is 7. The van der Waals surface area contributed by atoms with Gasteiger partial charge in [-0.05, 0) is 61.5 Å². The second-order valence-electron chi connectivity index (χ2n) is 8.10. The van der Waals surface area contributed by atoms with Crippen molar-refractivity contribution in [3.05, 3.63) is 95.3 Å². The second kappa shape index (κ2) is 9.84. The van der Waals surface area contributed by atoms with Crippen LogP contribution in [0.5, 0.6) is 0 Å². The Labute approximate surface area is 213 Å². The lowest BCUT2D eigenvalue weighted by Gasteiger charge is -2.08. The van der Waals surface area contributed by atoms with Gasteiger partial charge in [-0.15, -0.1) is 6.58 Å². The summed E-state index contributed by atoms with van der Waals surface area (Å²) in [6, 6.07) is 17.2. The van der Waals surface area contributed by atoms with E-state index in [4.69, 9.17) is 0 Å². The molecule has 8 nitrogen and oxygen atoms in total. The predicted molar refractivity (Wildman–Crippen MR) is 141 cm³/mol. The van der Waals surface area contributed by atoms with Crippen molar-refractivity contribution in [2.45, 2.75) is 23.3 Å². The number of anilines is 1. The molecule has 11 heteroatoms. The lowest BCUT2D eigenvalue weighted by Crippen LogP contribution is -2.16. The van der Waals surface area contributed by atoms with Gasteiger partial charge in [0.25, 0.3) is 15.9 Å². The molecule has 1 N–H and O–H groups in total. The van der Waals surface area contributed by atoms with Gasteiger partial charge in [-0.3, -0.25) is 9.52 Å². The molecule has 1 aromatic heterocycles. The van der Waals surface area contributed by atoms with E-state index in [1.807, 2.05) is 6.92 Å². The summed E-state index contributed by atoms with van der Waals surface area (Å²) < 4.78 is 54.0. The van der Waals surface area contributed by atoms with Crippen molar-refractivity contribution in [3.63, 3.8) is 0 Å². The minimum absolute atomic E-state index is 0.138. The molecule has 0 fully saturated rings. The first kappa shape index (κ1) is 25.5. The number of fused-ring (bicyclic) bond motifs is 1. The van der Waals surface area contributed by atoms with Crippen LogP contribution in [0.4, 0.5) is 5.69 Å². The summed E-state index contributed by atoms with van der Waals surface area (Å²) >= 11 is 1.20. The molecule has 0 aliphatic carbocycles. The van der Waals surface area contributed by atoms with Gasteiger partial charge in [0.05, 0.1) is 20.0 Å². The van der Waals surface area contributed by atoms with Crippen molar-refractivity contribution in [1.29, 1.82) is 0 Å². The van der Waals surface area contributed by atoms with Gasteiger partial charge >= 0.3 is 0 Å². The molecule has 4 aromatic rings. The number of carbonyl (C=O) groups excluding carboxylic acids is 1. The summed E-state index contributed by atoms with van der Waals surface area (Å²) in [6.07, 6.45) is 2.80. The van der Waals surface area contributed by atoms with E-state index in [9.17, 15) is 21.6 Å². The highest BCUT2D eigenvalue weighted by Gasteiger charge is 2.15. The summed E-state index contributed by atoms with van der Waals surface area (Å²) in [5, 5.41) is 0. The number of sulfone groups is 1. The molecule has 186 valence electrons. The Morgan fingerprint density at radius 3 is 2.25 bits per heavy atom. The van der Waals surface area contributed by atoms with E-state index in [1.165, 1.54) is 53.8 Å². The van der Waals surface area contributed by atoms with Gasteiger partial charge in [0.2, 0.25) is 0 Å². The Morgan fingerprint density at radius 1 is 1.00 bits per heavy atom. The standard InChI is InChI=1S/C25H23N3O5S3/c1-4-15-28-22-14-13-21(35(3,30)31)16-23(22)34-25(28)26-24(29)18-7-9-19(10-8-18)27-36(32,33)20-11-5-17(2)6-12-20/h4-14,16,27H,1,15H2,2-3H3. The zero-order valence-electron chi connectivity index (χ0n) is 19.5. The van der Waals surface area contributed by atoms with Gasteiger partial charge in [-0.2, -0.15) is 4.99 Å². The number of hydrogen-bond acceptors (Lipinski definition) is 6. The molecule has 0 saturated carbocycles. The Morgan fingerprint density at radius 2 is 1.64 bits per heavy atom. The number of thiazole rings is 1. The van der Waals surface area contributed by atoms with Crippen molar-refractivity contribution in [1.82, 2.24) is 4.57 Å². The van der Waals surface area contributed by atoms with E-state index < -0.39 is 25.8 Å². The number of sulfonamides is 1. The highest BCUT2D eigenvalue weighted by atomic mass is 32.2. The summed E-state index contributed by atoms with van der Waals surface area (Å²) in [5.74, 6) is -0.518. The van der Waals surface area contributed by atoms with Crippen molar-refractivity contribution in [3.8, 4) is 0 Å². The minimum Gasteiger partial charge on any atom is -0.312 e. The van der Waals surface area contributed by atoms with Gasteiger partial charge in [0, 0.05) is 24.1 Å². The Balaban J connectivity index is 1.63. The number of aromatic nitrogens is 1. The molecule has 36 heavy (non-hydrogen) atoms. The average Bonchev–Trinajstić information content (AvgIpc) is 3.15. The average molecular weight is 542 g/mol. The fourth-order valence-electron chi connectivity index (χ4n) is 3.44. The Hall–Kier alpha value is -3.54. The van der Waals surface area contributed by atoms with Crippen LogP contribution >= 0.6 is 11.3 Å². The van der Waals surface area contributed by atoms with E-state index in [2.05, 4.69) is 16.3 Å². The van der Waals surface area contributed by atoms with Gasteiger partial charge < -0.3 is 4.57 Å². The molecule has 0 unspecified atom stereocenters. The molecule has 0 aliphatic rings. The lowest BCUT2D eigenvalue weighted by atomic mass is 10.2. The van der Waals surface area contributed by atoms with Crippen molar-refractivity contribution in [2.24, 2.45) is 4.99 Å². The van der Waals surface area contributed by atoms with Gasteiger partial charge in [-0.1, -0.05) is 35.1 Å². The number of allylic oxidation sites excluding steroid dienone is 1. The van der Waals surface area contributed by atoms with Crippen LogP contribution in [0.3, 0.4) is 0 Å². The quantitative estimate of drug-likeness (QED) is 0.353. The second-order valence-corrected chi connectivity index (χ2v) is 12.8. The maximum absolute atomic E-state index is 12.9. The summed E-state index contributed by atoms with van der Waals surface area (Å²) in [4.78, 5) is 17.8. The third kappa shape index (κ3) is 5.48. The van der Waals surface area contributed by atoms with E-state index in [1.54, 1.807) is 34.9 Å². The zero-order valence-corrected chi connectivity index (χ0v) is 22.0. The van der Waals surface area contributed by atoms with E-state index in [-0.39, 0.29) is 15.4 Å². The minimum atomic E-state index is -3.76. The molecule has 0 saturated heterocycles. The van der Waals surface area contributed by atoms with Gasteiger partial charge in [0.15, 0.2) is 14.6 Å². The fourth-order valence-corrected chi connectivity index (χ4v) is 6.30. The molecule has 4 rings (SSSR count). The van der Waals surface area contributed by atoms with E-state index >= 15 is 0 Å². The van der Waals surface area contributed by atoms with Gasteiger partial charge in [-0.25, -0.2) is 16.8 Å². The van der Waals surface area contributed by atoms with Crippen LogP contribution in [0, 0.1) is 6.92 Å². The van der Waals surface area contributed by atoms with Crippen LogP contribution in [0.1, 0.15) is 15.9 Å². The van der Waals surface area contributed by atoms with E-state index in [0.717, 1.165) is 17.3 Å². The molecular formula is C25H23N3O5S3. The Bertz CT molecular complexity index is 1750. The SMILES string of the molecule is C=CCn1c(=NC(=O)c2ccc(NS(=O)(=O)c3ccc(C)cc3)cc2)sc2cc(S(C)(=O)=O)ccc21. The molecule has 1 amide bonds. The largest absolute Gasteiger partial charge is 0.312 e. The van der Waals surface area contributed by atoms with Crippen LogP contribution < -0.4 is 9.52 Å². The number of benzene rings is 3. The number of nitrogens with zero attached hydrogens (tertiary/aromatic N) is 2. The first-order valence-electron chi connectivity index (χ1n) is 10.7. The molecule has 0 atom stereocenters. The first-order chi connectivity index (χ1) is 17.0. The molecule has 0 bridgehead atoms. The summed E-state index contributed by atoms with van der Waals surface area (Å²) in [6.45, 7) is 6.00. The van der Waals surface area contributed by atoms with Crippen LogP contribution in [0.2, 0.25) is 0 Å². The Kier molecular flexibility index (Phi) is 6.98. The first-order valence-corrected chi connectivity index (χ1v) is 14.9. The summed E-state index contributed by atoms with van der Waals surface area (Å²) in [5.41, 5.74) is 2.26. The molecule has 0 spiro atoms. The maximum Gasteiger partial charge on any atom is 0.279 e. The van der Waals surface area contributed by atoms with Crippen molar-refractivity contribution >= 4 is 53.0 Å². The molecule has 0 aliphatic heterocycles. The maximum atomic E-state index is 12.9. The fraction of sp³-hybridized carbons (Fsp3) is 0.120. The normalized spacial score (nSPS) is 12.6. The van der Waals surface area contributed by atoms with Crippen LogP contribution in [0.15, 0.2) is 94.2 Å².